The smallest absolute Gasteiger partial charge is 0.251 e. The number of carbonyl (C=O) groups is 3. The third-order valence-electron chi connectivity index (χ3n) is 3.82. The summed E-state index contributed by atoms with van der Waals surface area (Å²) in [5.41, 5.74) is 5.96. The number of hydrogen-bond donors (Lipinski definition) is 3. The number of hydrogen-bond acceptors (Lipinski definition) is 4. The highest BCUT2D eigenvalue weighted by Gasteiger charge is 2.39. The first-order chi connectivity index (χ1) is 11.1. The molecule has 0 radical (unpaired) electrons. The molecule has 7 nitrogen and oxygen atoms in total. The van der Waals surface area contributed by atoms with E-state index in [0.29, 0.717) is 18.5 Å². The fourth-order valence-corrected chi connectivity index (χ4v) is 2.73. The Morgan fingerprint density at radius 2 is 1.96 bits per heavy atom. The van der Waals surface area contributed by atoms with E-state index in [-0.39, 0.29) is 36.9 Å². The largest absolute Gasteiger partial charge is 0.355 e. The van der Waals surface area contributed by atoms with E-state index in [1.807, 2.05) is 13.0 Å². The Morgan fingerprint density at radius 3 is 2.57 bits per heavy atom. The Hall–Kier alpha value is -2.41. The van der Waals surface area contributed by atoms with Crippen molar-refractivity contribution < 1.29 is 14.4 Å². The van der Waals surface area contributed by atoms with E-state index >= 15 is 0 Å². The number of benzene rings is 1. The molecule has 0 bridgehead atoms. The molecule has 1 heterocycles. The molecule has 1 fully saturated rings. The predicted molar refractivity (Wildman–Crippen MR) is 85.6 cm³/mol. The minimum atomic E-state index is -0.591. The molecular formula is C16H22N4O3. The summed E-state index contributed by atoms with van der Waals surface area (Å²) in [6, 6.07) is 7.97. The van der Waals surface area contributed by atoms with Crippen LogP contribution in [0.1, 0.15) is 23.7 Å². The van der Waals surface area contributed by atoms with Crippen LogP contribution < -0.4 is 16.4 Å². The van der Waals surface area contributed by atoms with E-state index in [1.165, 1.54) is 4.90 Å². The van der Waals surface area contributed by atoms with E-state index in [2.05, 4.69) is 10.6 Å². The third-order valence-corrected chi connectivity index (χ3v) is 3.82. The molecule has 0 aliphatic carbocycles. The van der Waals surface area contributed by atoms with Crippen LogP contribution in [-0.2, 0) is 9.59 Å². The van der Waals surface area contributed by atoms with Crippen LogP contribution in [0, 0.1) is 0 Å². The lowest BCUT2D eigenvalue weighted by Crippen LogP contribution is -2.47. The van der Waals surface area contributed by atoms with Crippen LogP contribution in [0.2, 0.25) is 0 Å². The van der Waals surface area contributed by atoms with Gasteiger partial charge in [-0.1, -0.05) is 18.2 Å². The highest BCUT2D eigenvalue weighted by molar-refractivity contribution is 5.95. The van der Waals surface area contributed by atoms with Crippen LogP contribution in [0.4, 0.5) is 0 Å². The topological polar surface area (TPSA) is 105 Å². The van der Waals surface area contributed by atoms with Gasteiger partial charge in [-0.15, -0.1) is 0 Å². The minimum Gasteiger partial charge on any atom is -0.355 e. The molecule has 0 aromatic heterocycles. The Labute approximate surface area is 135 Å². The number of rotatable bonds is 5. The lowest BCUT2D eigenvalue weighted by atomic mass is 10.1. The molecule has 2 rings (SSSR count). The van der Waals surface area contributed by atoms with Gasteiger partial charge in [0.05, 0.1) is 6.54 Å². The van der Waals surface area contributed by atoms with Crippen LogP contribution in [0.15, 0.2) is 30.3 Å². The summed E-state index contributed by atoms with van der Waals surface area (Å²) in [6.07, 6.45) is 0.385. The lowest BCUT2D eigenvalue weighted by molar-refractivity contribution is -0.137. The lowest BCUT2D eigenvalue weighted by Gasteiger charge is -2.22. The van der Waals surface area contributed by atoms with Crippen molar-refractivity contribution in [2.24, 2.45) is 5.73 Å². The van der Waals surface area contributed by atoms with Crippen molar-refractivity contribution >= 4 is 17.7 Å². The molecule has 1 aliphatic rings. The standard InChI is InChI=1S/C16H22N4O3/c1-2-18-16(23)13-8-12(10-20(13)14(21)9-17)19-15(22)11-6-4-3-5-7-11/h3-7,12-13H,2,8-10,17H2,1H3,(H,18,23)(H,19,22). The fourth-order valence-electron chi connectivity index (χ4n) is 2.73. The molecule has 1 aliphatic heterocycles. The monoisotopic (exact) mass is 318 g/mol. The fraction of sp³-hybridized carbons (Fsp3) is 0.438. The SMILES string of the molecule is CCNC(=O)C1CC(NC(=O)c2ccccc2)CN1C(=O)CN. The molecule has 23 heavy (non-hydrogen) atoms. The number of carbonyl (C=O) groups excluding carboxylic acids is 3. The molecule has 2 atom stereocenters. The summed E-state index contributed by atoms with van der Waals surface area (Å²) >= 11 is 0. The summed E-state index contributed by atoms with van der Waals surface area (Å²) in [4.78, 5) is 37.7. The van der Waals surface area contributed by atoms with Crippen molar-refractivity contribution in [1.29, 1.82) is 0 Å². The van der Waals surface area contributed by atoms with E-state index in [0.717, 1.165) is 0 Å². The van der Waals surface area contributed by atoms with Gasteiger partial charge in [0, 0.05) is 24.7 Å². The van der Waals surface area contributed by atoms with Gasteiger partial charge in [-0.2, -0.15) is 0 Å². The quantitative estimate of drug-likeness (QED) is 0.679. The summed E-state index contributed by atoms with van der Waals surface area (Å²) in [5, 5.41) is 5.59. The van der Waals surface area contributed by atoms with Crippen molar-refractivity contribution in [3.8, 4) is 0 Å². The number of likely N-dealkylation sites (tertiary alicyclic amines) is 1. The molecular weight excluding hydrogens is 296 g/mol. The van der Waals surface area contributed by atoms with Crippen LogP contribution in [0.25, 0.3) is 0 Å². The Bertz CT molecular complexity index is 576. The Morgan fingerprint density at radius 1 is 1.26 bits per heavy atom. The van der Waals surface area contributed by atoms with Crippen LogP contribution >= 0.6 is 0 Å². The van der Waals surface area contributed by atoms with Gasteiger partial charge < -0.3 is 21.3 Å². The molecule has 1 aromatic rings. The average molecular weight is 318 g/mol. The number of amides is 3. The van der Waals surface area contributed by atoms with Crippen molar-refractivity contribution in [2.45, 2.75) is 25.4 Å². The molecule has 0 spiro atoms. The second-order valence-corrected chi connectivity index (χ2v) is 5.43. The summed E-state index contributed by atoms with van der Waals surface area (Å²) < 4.78 is 0. The van der Waals surface area contributed by atoms with E-state index in [1.54, 1.807) is 24.3 Å². The van der Waals surface area contributed by atoms with E-state index in [4.69, 9.17) is 5.73 Å². The molecule has 1 aromatic carbocycles. The zero-order valence-corrected chi connectivity index (χ0v) is 13.1. The zero-order valence-electron chi connectivity index (χ0n) is 13.1. The second kappa shape index (κ2) is 7.73. The van der Waals surface area contributed by atoms with Crippen LogP contribution in [-0.4, -0.2) is 54.3 Å². The summed E-state index contributed by atoms with van der Waals surface area (Å²) in [6.45, 7) is 2.43. The first-order valence-electron chi connectivity index (χ1n) is 7.70. The normalized spacial score (nSPS) is 20.2. The Balaban J connectivity index is 2.05. The van der Waals surface area contributed by atoms with E-state index in [9.17, 15) is 14.4 Å². The number of likely N-dealkylation sites (N-methyl/N-ethyl adjacent to an activating group) is 1. The van der Waals surface area contributed by atoms with Crippen molar-refractivity contribution in [3.05, 3.63) is 35.9 Å². The van der Waals surface area contributed by atoms with Gasteiger partial charge in [0.25, 0.3) is 5.91 Å². The molecule has 0 saturated carbocycles. The Kier molecular flexibility index (Phi) is 5.70. The minimum absolute atomic E-state index is 0.157. The first kappa shape index (κ1) is 17.0. The van der Waals surface area contributed by atoms with Gasteiger partial charge in [-0.05, 0) is 25.5 Å². The van der Waals surface area contributed by atoms with Crippen LogP contribution in [0.3, 0.4) is 0 Å². The second-order valence-electron chi connectivity index (χ2n) is 5.43. The molecule has 124 valence electrons. The molecule has 4 N–H and O–H groups in total. The highest BCUT2D eigenvalue weighted by atomic mass is 16.2. The van der Waals surface area contributed by atoms with Gasteiger partial charge in [-0.25, -0.2) is 0 Å². The number of nitrogens with zero attached hydrogens (tertiary/aromatic N) is 1. The van der Waals surface area contributed by atoms with Crippen molar-refractivity contribution in [1.82, 2.24) is 15.5 Å². The summed E-state index contributed by atoms with van der Waals surface area (Å²) in [5.74, 6) is -0.726. The molecule has 2 unspecified atom stereocenters. The molecule has 1 saturated heterocycles. The van der Waals surface area contributed by atoms with Gasteiger partial charge >= 0.3 is 0 Å². The molecule has 3 amide bonds. The van der Waals surface area contributed by atoms with Gasteiger partial charge in [-0.3, -0.25) is 14.4 Å². The first-order valence-corrected chi connectivity index (χ1v) is 7.70. The average Bonchev–Trinajstić information content (AvgIpc) is 2.99. The highest BCUT2D eigenvalue weighted by Crippen LogP contribution is 2.19. The van der Waals surface area contributed by atoms with Gasteiger partial charge in [0.2, 0.25) is 11.8 Å². The number of nitrogens with two attached hydrogens (primary N) is 1. The zero-order chi connectivity index (χ0) is 16.8. The predicted octanol–water partition coefficient (Wildman–Crippen LogP) is -0.519. The maximum absolute atomic E-state index is 12.2. The van der Waals surface area contributed by atoms with Gasteiger partial charge in [0.1, 0.15) is 6.04 Å². The van der Waals surface area contributed by atoms with Crippen LogP contribution in [0.5, 0.6) is 0 Å². The summed E-state index contributed by atoms with van der Waals surface area (Å²) in [7, 11) is 0. The van der Waals surface area contributed by atoms with E-state index < -0.39 is 6.04 Å². The third kappa shape index (κ3) is 4.07. The number of nitrogens with one attached hydrogen (secondary N) is 2. The van der Waals surface area contributed by atoms with Crippen molar-refractivity contribution in [2.75, 3.05) is 19.6 Å². The van der Waals surface area contributed by atoms with Gasteiger partial charge in [0.15, 0.2) is 0 Å². The maximum atomic E-state index is 12.2. The van der Waals surface area contributed by atoms with Crippen molar-refractivity contribution in [3.63, 3.8) is 0 Å². The maximum Gasteiger partial charge on any atom is 0.251 e. The molecule has 7 heteroatoms.